The van der Waals surface area contributed by atoms with E-state index in [0.29, 0.717) is 11.3 Å². The van der Waals surface area contributed by atoms with Crippen molar-refractivity contribution in [2.24, 2.45) is 0 Å². The molecule has 0 heterocycles. The highest BCUT2D eigenvalue weighted by Gasteiger charge is 2.15. The number of carbonyl (C=O) groups is 1. The molecule has 0 radical (unpaired) electrons. The van der Waals surface area contributed by atoms with Gasteiger partial charge in [-0.1, -0.05) is 15.9 Å². The molecule has 1 N–H and O–H groups in total. The van der Waals surface area contributed by atoms with Crippen molar-refractivity contribution in [1.29, 1.82) is 0 Å². The van der Waals surface area contributed by atoms with Crippen LogP contribution in [0.1, 0.15) is 22.8 Å². The van der Waals surface area contributed by atoms with Crippen molar-refractivity contribution in [2.75, 3.05) is 4.72 Å². The molecule has 0 bridgehead atoms. The number of benzene rings is 2. The van der Waals surface area contributed by atoms with Gasteiger partial charge in [-0.2, -0.15) is 0 Å². The van der Waals surface area contributed by atoms with Crippen molar-refractivity contribution >= 4 is 37.4 Å². The number of carbonyl (C=O) groups excluding carboxylic acids is 1. The van der Waals surface area contributed by atoms with Gasteiger partial charge in [0, 0.05) is 15.7 Å². The van der Waals surface area contributed by atoms with Gasteiger partial charge in [0.15, 0.2) is 5.78 Å². The molecular formula is C15H14BrNO3S. The molecule has 0 fully saturated rings. The van der Waals surface area contributed by atoms with Gasteiger partial charge in [-0.3, -0.25) is 9.52 Å². The van der Waals surface area contributed by atoms with Crippen LogP contribution < -0.4 is 4.72 Å². The maximum atomic E-state index is 12.3. The third kappa shape index (κ3) is 3.71. The summed E-state index contributed by atoms with van der Waals surface area (Å²) in [4.78, 5) is 11.4. The highest BCUT2D eigenvalue weighted by Crippen LogP contribution is 2.22. The summed E-state index contributed by atoms with van der Waals surface area (Å²) in [7, 11) is -3.64. The molecule has 0 saturated heterocycles. The van der Waals surface area contributed by atoms with E-state index in [9.17, 15) is 13.2 Å². The molecule has 110 valence electrons. The van der Waals surface area contributed by atoms with Gasteiger partial charge in [-0.25, -0.2) is 8.42 Å². The Morgan fingerprint density at radius 2 is 1.71 bits per heavy atom. The van der Waals surface area contributed by atoms with E-state index in [1.807, 2.05) is 6.92 Å². The Bertz CT molecular complexity index is 783. The second-order valence-electron chi connectivity index (χ2n) is 4.65. The number of anilines is 1. The normalized spacial score (nSPS) is 11.2. The number of halogens is 1. The van der Waals surface area contributed by atoms with E-state index in [2.05, 4.69) is 20.7 Å². The highest BCUT2D eigenvalue weighted by atomic mass is 79.9. The zero-order chi connectivity index (χ0) is 15.6. The first kappa shape index (κ1) is 15.7. The standard InChI is InChI=1S/C15H14BrNO3S/c1-10-9-14(7-8-15(10)16)21(19,20)17-13-5-3-12(4-6-13)11(2)18/h3-9,17H,1-2H3. The molecule has 2 aromatic carbocycles. The van der Waals surface area contributed by atoms with Crippen molar-refractivity contribution in [3.63, 3.8) is 0 Å². The van der Waals surface area contributed by atoms with Gasteiger partial charge in [0.2, 0.25) is 0 Å². The summed E-state index contributed by atoms with van der Waals surface area (Å²) in [6.45, 7) is 3.29. The number of sulfonamides is 1. The van der Waals surface area contributed by atoms with Crippen LogP contribution in [0.3, 0.4) is 0 Å². The van der Waals surface area contributed by atoms with E-state index in [0.717, 1.165) is 10.0 Å². The molecule has 4 nitrogen and oxygen atoms in total. The molecule has 0 aliphatic rings. The largest absolute Gasteiger partial charge is 0.295 e. The Labute approximate surface area is 132 Å². The lowest BCUT2D eigenvalue weighted by Gasteiger charge is -2.09. The number of hydrogen-bond donors (Lipinski definition) is 1. The predicted octanol–water partition coefficient (Wildman–Crippen LogP) is 3.76. The van der Waals surface area contributed by atoms with Crippen LogP contribution >= 0.6 is 15.9 Å². The van der Waals surface area contributed by atoms with Crippen LogP contribution in [0.5, 0.6) is 0 Å². The fourth-order valence-corrected chi connectivity index (χ4v) is 3.16. The van der Waals surface area contributed by atoms with Crippen LogP contribution in [0.2, 0.25) is 0 Å². The number of nitrogens with one attached hydrogen (secondary N) is 1. The summed E-state index contributed by atoms with van der Waals surface area (Å²) in [5.74, 6) is -0.0621. The Hall–Kier alpha value is -1.66. The molecule has 0 amide bonds. The Morgan fingerprint density at radius 1 is 1.10 bits per heavy atom. The molecule has 0 saturated carbocycles. The first-order valence-electron chi connectivity index (χ1n) is 6.19. The molecule has 21 heavy (non-hydrogen) atoms. The number of hydrogen-bond acceptors (Lipinski definition) is 3. The van der Waals surface area contributed by atoms with Gasteiger partial charge < -0.3 is 0 Å². The molecule has 6 heteroatoms. The topological polar surface area (TPSA) is 63.2 Å². The number of rotatable bonds is 4. The fraction of sp³-hybridized carbons (Fsp3) is 0.133. The summed E-state index contributed by atoms with van der Waals surface area (Å²) in [6.07, 6.45) is 0. The second kappa shape index (κ2) is 5.99. The summed E-state index contributed by atoms with van der Waals surface area (Å²) in [5, 5.41) is 0. The highest BCUT2D eigenvalue weighted by molar-refractivity contribution is 9.10. The van der Waals surface area contributed by atoms with E-state index in [-0.39, 0.29) is 10.7 Å². The summed E-state index contributed by atoms with van der Waals surface area (Å²) < 4.78 is 27.9. The molecule has 2 aromatic rings. The second-order valence-corrected chi connectivity index (χ2v) is 7.19. The van der Waals surface area contributed by atoms with Gasteiger partial charge in [0.05, 0.1) is 4.90 Å². The number of aryl methyl sites for hydroxylation is 1. The van der Waals surface area contributed by atoms with Crippen LogP contribution in [-0.4, -0.2) is 14.2 Å². The smallest absolute Gasteiger partial charge is 0.261 e. The average Bonchev–Trinajstić information content (AvgIpc) is 2.42. The summed E-state index contributed by atoms with van der Waals surface area (Å²) in [5.41, 5.74) is 1.79. The lowest BCUT2D eigenvalue weighted by molar-refractivity contribution is 0.101. The van der Waals surface area contributed by atoms with Crippen LogP contribution in [0.4, 0.5) is 5.69 Å². The Balaban J connectivity index is 2.28. The average molecular weight is 368 g/mol. The van der Waals surface area contributed by atoms with Gasteiger partial charge in [0.1, 0.15) is 0 Å². The molecule has 0 aromatic heterocycles. The first-order valence-corrected chi connectivity index (χ1v) is 8.47. The van der Waals surface area contributed by atoms with Crippen molar-refractivity contribution in [2.45, 2.75) is 18.7 Å². The minimum Gasteiger partial charge on any atom is -0.295 e. The number of Topliss-reactive ketones (excluding diaryl/α,β-unsaturated/α-hetero) is 1. The van der Waals surface area contributed by atoms with Gasteiger partial charge in [-0.15, -0.1) is 0 Å². The molecule has 0 aliphatic carbocycles. The van der Waals surface area contributed by atoms with Crippen molar-refractivity contribution in [3.05, 3.63) is 58.1 Å². The molecule has 0 aliphatic heterocycles. The fourth-order valence-electron chi connectivity index (χ4n) is 1.77. The quantitative estimate of drug-likeness (QED) is 0.836. The molecule has 2 rings (SSSR count). The summed E-state index contributed by atoms with van der Waals surface area (Å²) >= 11 is 3.34. The maximum Gasteiger partial charge on any atom is 0.261 e. The maximum absolute atomic E-state index is 12.3. The third-order valence-electron chi connectivity index (χ3n) is 2.98. The minimum absolute atomic E-state index is 0.0621. The van der Waals surface area contributed by atoms with Crippen LogP contribution in [0.25, 0.3) is 0 Å². The van der Waals surface area contributed by atoms with E-state index in [1.54, 1.807) is 36.4 Å². The van der Waals surface area contributed by atoms with E-state index < -0.39 is 10.0 Å². The lowest BCUT2D eigenvalue weighted by Crippen LogP contribution is -2.13. The van der Waals surface area contributed by atoms with E-state index >= 15 is 0 Å². The van der Waals surface area contributed by atoms with Crippen LogP contribution in [-0.2, 0) is 10.0 Å². The third-order valence-corrected chi connectivity index (χ3v) is 5.25. The van der Waals surface area contributed by atoms with Crippen molar-refractivity contribution in [1.82, 2.24) is 0 Å². The minimum atomic E-state index is -3.64. The molecule has 0 spiro atoms. The van der Waals surface area contributed by atoms with Gasteiger partial charge in [-0.05, 0) is 61.9 Å². The van der Waals surface area contributed by atoms with Crippen LogP contribution in [0, 0.1) is 6.92 Å². The molecular weight excluding hydrogens is 354 g/mol. The summed E-state index contributed by atoms with van der Waals surface area (Å²) in [6, 6.07) is 11.1. The zero-order valence-electron chi connectivity index (χ0n) is 11.6. The first-order chi connectivity index (χ1) is 9.79. The van der Waals surface area contributed by atoms with Gasteiger partial charge >= 0.3 is 0 Å². The predicted molar refractivity (Wildman–Crippen MR) is 86.1 cm³/mol. The van der Waals surface area contributed by atoms with Crippen molar-refractivity contribution < 1.29 is 13.2 Å². The number of ketones is 1. The van der Waals surface area contributed by atoms with Gasteiger partial charge in [0.25, 0.3) is 10.0 Å². The van der Waals surface area contributed by atoms with Crippen LogP contribution in [0.15, 0.2) is 51.8 Å². The van der Waals surface area contributed by atoms with Crippen molar-refractivity contribution in [3.8, 4) is 0 Å². The SMILES string of the molecule is CC(=O)c1ccc(NS(=O)(=O)c2ccc(Br)c(C)c2)cc1. The lowest BCUT2D eigenvalue weighted by atomic mass is 10.1. The van der Waals surface area contributed by atoms with E-state index in [1.165, 1.54) is 13.0 Å². The Kier molecular flexibility index (Phi) is 4.49. The zero-order valence-corrected chi connectivity index (χ0v) is 14.0. The molecule has 0 unspecified atom stereocenters. The monoisotopic (exact) mass is 367 g/mol. The molecule has 0 atom stereocenters. The Morgan fingerprint density at radius 3 is 2.24 bits per heavy atom. The van der Waals surface area contributed by atoms with E-state index in [4.69, 9.17) is 0 Å².